The van der Waals surface area contributed by atoms with Gasteiger partial charge in [-0.25, -0.2) is 0 Å². The Balaban J connectivity index is 3.14. The van der Waals surface area contributed by atoms with Crippen LogP contribution in [0.2, 0.25) is 0 Å². The van der Waals surface area contributed by atoms with Gasteiger partial charge in [0.25, 0.3) is 0 Å². The molecule has 0 amide bonds. The lowest BCUT2D eigenvalue weighted by atomic mass is 9.96. The van der Waals surface area contributed by atoms with E-state index in [0.29, 0.717) is 5.92 Å². The Morgan fingerprint density at radius 3 is 1.48 bits per heavy atom. The minimum Gasteiger partial charge on any atom is -0.381 e. The fourth-order valence-electron chi connectivity index (χ4n) is 4.09. The van der Waals surface area contributed by atoms with Crippen molar-refractivity contribution >= 4 is 0 Å². The number of unbranched alkanes of at least 4 members (excludes halogenated alkanes) is 15. The first-order chi connectivity index (χ1) is 14.2. The summed E-state index contributed by atoms with van der Waals surface area (Å²) in [6.45, 7) is 12.7. The van der Waals surface area contributed by atoms with E-state index in [2.05, 4.69) is 27.4 Å². The number of rotatable bonds is 24. The molecule has 0 heterocycles. The quantitative estimate of drug-likeness (QED) is 0.114. The molecule has 2 unspecified atom stereocenters. The smallest absolute Gasteiger partial charge is 0.0491 e. The first-order valence-corrected chi connectivity index (χ1v) is 13.4. The molecule has 0 aromatic rings. The van der Waals surface area contributed by atoms with Gasteiger partial charge in [-0.2, -0.15) is 0 Å². The van der Waals surface area contributed by atoms with E-state index in [4.69, 9.17) is 4.74 Å². The molecule has 0 aliphatic carbocycles. The molecule has 0 aliphatic rings. The third kappa shape index (κ3) is 23.8. The molecule has 0 aromatic heterocycles. The standard InChI is InChI=1S/C28H56O/c1-5-7-8-9-10-11-12-13-14-15-16-17-18-19-20-21-25-29-26-28(4)24-23-27(3)22-6-2/h6,27-28H,2,5,7-26H2,1,3-4H3. The molecular weight excluding hydrogens is 352 g/mol. The van der Waals surface area contributed by atoms with Gasteiger partial charge in [0.05, 0.1) is 0 Å². The third-order valence-corrected chi connectivity index (χ3v) is 6.27. The summed E-state index contributed by atoms with van der Waals surface area (Å²) >= 11 is 0. The fraction of sp³-hybridized carbons (Fsp3) is 0.929. The third-order valence-electron chi connectivity index (χ3n) is 6.27. The Kier molecular flexibility index (Phi) is 23.7. The average Bonchev–Trinajstić information content (AvgIpc) is 2.71. The molecule has 1 nitrogen and oxygen atoms in total. The van der Waals surface area contributed by atoms with Crippen molar-refractivity contribution in [1.29, 1.82) is 0 Å². The molecule has 0 fully saturated rings. The molecule has 0 saturated carbocycles. The summed E-state index contributed by atoms with van der Waals surface area (Å²) in [7, 11) is 0. The number of hydrogen-bond acceptors (Lipinski definition) is 1. The van der Waals surface area contributed by atoms with E-state index in [-0.39, 0.29) is 0 Å². The lowest BCUT2D eigenvalue weighted by Gasteiger charge is -2.14. The number of ether oxygens (including phenoxy) is 1. The molecule has 0 spiro atoms. The molecule has 0 radical (unpaired) electrons. The van der Waals surface area contributed by atoms with Gasteiger partial charge in [-0.05, 0) is 31.1 Å². The summed E-state index contributed by atoms with van der Waals surface area (Å²) in [5, 5.41) is 0. The largest absolute Gasteiger partial charge is 0.381 e. The highest BCUT2D eigenvalue weighted by molar-refractivity contribution is 4.71. The van der Waals surface area contributed by atoms with E-state index >= 15 is 0 Å². The highest BCUT2D eigenvalue weighted by Crippen LogP contribution is 2.16. The van der Waals surface area contributed by atoms with Crippen LogP contribution in [0.1, 0.15) is 143 Å². The Morgan fingerprint density at radius 2 is 1.03 bits per heavy atom. The molecule has 2 atom stereocenters. The van der Waals surface area contributed by atoms with Gasteiger partial charge in [-0.1, -0.05) is 130 Å². The lowest BCUT2D eigenvalue weighted by molar-refractivity contribution is 0.0965. The zero-order valence-corrected chi connectivity index (χ0v) is 20.7. The summed E-state index contributed by atoms with van der Waals surface area (Å²) in [5.41, 5.74) is 0. The zero-order valence-electron chi connectivity index (χ0n) is 20.7. The Morgan fingerprint density at radius 1 is 0.621 bits per heavy atom. The van der Waals surface area contributed by atoms with E-state index in [0.717, 1.165) is 25.6 Å². The van der Waals surface area contributed by atoms with Crippen molar-refractivity contribution < 1.29 is 4.74 Å². The maximum Gasteiger partial charge on any atom is 0.0491 e. The Labute approximate surface area is 185 Å². The van der Waals surface area contributed by atoms with Gasteiger partial charge in [0.15, 0.2) is 0 Å². The van der Waals surface area contributed by atoms with Crippen LogP contribution in [0.15, 0.2) is 12.7 Å². The Hall–Kier alpha value is -0.300. The van der Waals surface area contributed by atoms with Gasteiger partial charge in [-0.15, -0.1) is 6.58 Å². The molecular formula is C28H56O. The molecule has 0 N–H and O–H groups in total. The maximum atomic E-state index is 5.89. The van der Waals surface area contributed by atoms with Crippen LogP contribution < -0.4 is 0 Å². The lowest BCUT2D eigenvalue weighted by Crippen LogP contribution is -2.08. The van der Waals surface area contributed by atoms with Crippen LogP contribution >= 0.6 is 0 Å². The monoisotopic (exact) mass is 408 g/mol. The van der Waals surface area contributed by atoms with Crippen molar-refractivity contribution in [2.45, 2.75) is 143 Å². The molecule has 1 heteroatoms. The SMILES string of the molecule is C=CCC(C)CCC(C)COCCCCCCCCCCCCCCCCCC. The van der Waals surface area contributed by atoms with Crippen molar-refractivity contribution in [2.24, 2.45) is 11.8 Å². The van der Waals surface area contributed by atoms with Crippen LogP contribution in [-0.4, -0.2) is 13.2 Å². The van der Waals surface area contributed by atoms with Crippen molar-refractivity contribution in [3.63, 3.8) is 0 Å². The van der Waals surface area contributed by atoms with Gasteiger partial charge in [0, 0.05) is 13.2 Å². The molecule has 0 saturated heterocycles. The van der Waals surface area contributed by atoms with Crippen molar-refractivity contribution in [1.82, 2.24) is 0 Å². The second kappa shape index (κ2) is 24.0. The first-order valence-electron chi connectivity index (χ1n) is 13.4. The topological polar surface area (TPSA) is 9.23 Å². The van der Waals surface area contributed by atoms with Crippen LogP contribution in [0, 0.1) is 11.8 Å². The summed E-state index contributed by atoms with van der Waals surface area (Å²) in [5.74, 6) is 1.47. The Bertz CT molecular complexity index is 311. The van der Waals surface area contributed by atoms with Gasteiger partial charge < -0.3 is 4.74 Å². The van der Waals surface area contributed by atoms with E-state index in [1.165, 1.54) is 116 Å². The van der Waals surface area contributed by atoms with Crippen LogP contribution in [0.5, 0.6) is 0 Å². The number of allylic oxidation sites excluding steroid dienone is 1. The van der Waals surface area contributed by atoms with E-state index in [9.17, 15) is 0 Å². The minimum atomic E-state index is 0.698. The average molecular weight is 409 g/mol. The predicted molar refractivity (Wildman–Crippen MR) is 133 cm³/mol. The second-order valence-corrected chi connectivity index (χ2v) is 9.69. The van der Waals surface area contributed by atoms with Crippen molar-refractivity contribution in [2.75, 3.05) is 13.2 Å². The van der Waals surface area contributed by atoms with E-state index in [1.54, 1.807) is 0 Å². The highest BCUT2D eigenvalue weighted by atomic mass is 16.5. The van der Waals surface area contributed by atoms with Gasteiger partial charge >= 0.3 is 0 Å². The summed E-state index contributed by atoms with van der Waals surface area (Å²) in [6, 6.07) is 0. The van der Waals surface area contributed by atoms with Crippen LogP contribution in [-0.2, 0) is 4.74 Å². The summed E-state index contributed by atoms with van der Waals surface area (Å²) < 4.78 is 5.89. The highest BCUT2D eigenvalue weighted by Gasteiger charge is 2.06. The van der Waals surface area contributed by atoms with Crippen LogP contribution in [0.3, 0.4) is 0 Å². The normalized spacial score (nSPS) is 13.5. The summed E-state index contributed by atoms with van der Waals surface area (Å²) in [6.07, 6.45) is 28.6. The molecule has 29 heavy (non-hydrogen) atoms. The molecule has 0 aromatic carbocycles. The molecule has 0 rings (SSSR count). The molecule has 0 bridgehead atoms. The second-order valence-electron chi connectivity index (χ2n) is 9.69. The van der Waals surface area contributed by atoms with Crippen molar-refractivity contribution in [3.8, 4) is 0 Å². The van der Waals surface area contributed by atoms with Gasteiger partial charge in [0.2, 0.25) is 0 Å². The van der Waals surface area contributed by atoms with E-state index < -0.39 is 0 Å². The summed E-state index contributed by atoms with van der Waals surface area (Å²) in [4.78, 5) is 0. The van der Waals surface area contributed by atoms with Crippen LogP contribution in [0.25, 0.3) is 0 Å². The minimum absolute atomic E-state index is 0.698. The van der Waals surface area contributed by atoms with Crippen LogP contribution in [0.4, 0.5) is 0 Å². The molecule has 0 aliphatic heterocycles. The maximum absolute atomic E-state index is 5.89. The van der Waals surface area contributed by atoms with Crippen molar-refractivity contribution in [3.05, 3.63) is 12.7 Å². The fourth-order valence-corrected chi connectivity index (χ4v) is 4.09. The van der Waals surface area contributed by atoms with Gasteiger partial charge in [-0.3, -0.25) is 0 Å². The zero-order chi connectivity index (χ0) is 21.4. The molecule has 174 valence electrons. The predicted octanol–water partition coefficient (Wildman–Crippen LogP) is 9.89. The van der Waals surface area contributed by atoms with Gasteiger partial charge in [0.1, 0.15) is 0 Å². The first kappa shape index (κ1) is 28.7. The van der Waals surface area contributed by atoms with E-state index in [1.807, 2.05) is 6.08 Å². The number of hydrogen-bond donors (Lipinski definition) is 0.